The fraction of sp³-hybridized carbons (Fsp3) is 0.417. The van der Waals surface area contributed by atoms with Gasteiger partial charge in [0.1, 0.15) is 12.4 Å². The van der Waals surface area contributed by atoms with Crippen LogP contribution >= 0.6 is 0 Å². The summed E-state index contributed by atoms with van der Waals surface area (Å²) in [5, 5.41) is 8.83. The summed E-state index contributed by atoms with van der Waals surface area (Å²) in [6.45, 7) is -0.665. The minimum absolute atomic E-state index is 0.110. The molecule has 1 aromatic carbocycles. The summed E-state index contributed by atoms with van der Waals surface area (Å²) < 4.78 is 29.1. The first-order valence-electron chi connectivity index (χ1n) is 5.32. The molecule has 0 unspecified atom stereocenters. The van der Waals surface area contributed by atoms with Gasteiger partial charge in [0.25, 0.3) is 6.43 Å². The van der Waals surface area contributed by atoms with Crippen molar-refractivity contribution in [3.63, 3.8) is 0 Å². The summed E-state index contributed by atoms with van der Waals surface area (Å²) in [7, 11) is 0. The Labute approximate surface area is 97.0 Å². The summed E-state index contributed by atoms with van der Waals surface area (Å²) in [6.07, 6.45) is -1.98. The Morgan fingerprint density at radius 2 is 2.18 bits per heavy atom. The molecule has 1 saturated carbocycles. The molecule has 0 heterocycles. The number of rotatable bonds is 5. The van der Waals surface area contributed by atoms with Crippen molar-refractivity contribution < 1.29 is 23.4 Å². The number of carboxylic acid groups (broad SMARTS) is 1. The summed E-state index contributed by atoms with van der Waals surface area (Å²) >= 11 is 0. The number of carbonyl (C=O) groups is 1. The van der Waals surface area contributed by atoms with Crippen LogP contribution in [0, 0.1) is 5.92 Å². The summed E-state index contributed by atoms with van der Waals surface area (Å²) in [5.41, 5.74) is 0.709. The lowest BCUT2D eigenvalue weighted by molar-refractivity contribution is -0.138. The topological polar surface area (TPSA) is 46.5 Å². The Morgan fingerprint density at radius 3 is 2.76 bits per heavy atom. The molecule has 2 rings (SSSR count). The van der Waals surface area contributed by atoms with Gasteiger partial charge in [-0.05, 0) is 18.1 Å². The number of aliphatic carboxylic acids is 1. The highest BCUT2D eigenvalue weighted by molar-refractivity contribution is 5.75. The van der Waals surface area contributed by atoms with E-state index in [2.05, 4.69) is 0 Å². The Morgan fingerprint density at radius 1 is 1.47 bits per heavy atom. The molecule has 0 aromatic heterocycles. The van der Waals surface area contributed by atoms with E-state index in [0.717, 1.165) is 0 Å². The Balaban J connectivity index is 2.09. The minimum atomic E-state index is -2.53. The first kappa shape index (κ1) is 11.8. The summed E-state index contributed by atoms with van der Waals surface area (Å²) in [5.74, 6) is -1.01. The molecular weight excluding hydrogens is 230 g/mol. The average Bonchev–Trinajstić information content (AvgIpc) is 3.06. The molecule has 5 heteroatoms. The normalized spacial score (nSPS) is 22.5. The number of hydrogen-bond acceptors (Lipinski definition) is 2. The molecule has 0 bridgehead atoms. The molecule has 0 saturated heterocycles. The largest absolute Gasteiger partial charge is 0.487 e. The van der Waals surface area contributed by atoms with Crippen LogP contribution in [-0.2, 0) is 4.79 Å². The van der Waals surface area contributed by atoms with Crippen LogP contribution in [0.25, 0.3) is 0 Å². The van der Waals surface area contributed by atoms with Crippen molar-refractivity contribution in [2.45, 2.75) is 18.8 Å². The molecular formula is C12H12F2O3. The van der Waals surface area contributed by atoms with Gasteiger partial charge in [-0.25, -0.2) is 8.78 Å². The molecule has 17 heavy (non-hydrogen) atoms. The fourth-order valence-corrected chi connectivity index (χ4v) is 1.88. The lowest BCUT2D eigenvalue weighted by Crippen LogP contribution is -2.08. The number of halogens is 2. The third kappa shape index (κ3) is 2.72. The van der Waals surface area contributed by atoms with E-state index < -0.39 is 24.9 Å². The molecule has 2 atom stereocenters. The second-order valence-corrected chi connectivity index (χ2v) is 4.03. The van der Waals surface area contributed by atoms with Gasteiger partial charge in [-0.15, -0.1) is 0 Å². The van der Waals surface area contributed by atoms with Gasteiger partial charge >= 0.3 is 5.97 Å². The Hall–Kier alpha value is -1.65. The van der Waals surface area contributed by atoms with E-state index in [1.165, 1.54) is 0 Å². The van der Waals surface area contributed by atoms with Crippen molar-refractivity contribution in [2.24, 2.45) is 5.92 Å². The quantitative estimate of drug-likeness (QED) is 0.863. The smallest absolute Gasteiger partial charge is 0.307 e. The molecule has 92 valence electrons. The number of para-hydroxylation sites is 1. The molecule has 1 fully saturated rings. The minimum Gasteiger partial charge on any atom is -0.487 e. The highest BCUT2D eigenvalue weighted by Gasteiger charge is 2.45. The Bertz CT molecular complexity index is 420. The van der Waals surface area contributed by atoms with Crippen molar-refractivity contribution in [3.05, 3.63) is 29.8 Å². The van der Waals surface area contributed by atoms with Crippen molar-refractivity contribution in [3.8, 4) is 5.75 Å². The number of carboxylic acids is 1. The van der Waals surface area contributed by atoms with Crippen LogP contribution in [0.15, 0.2) is 24.3 Å². The molecule has 3 nitrogen and oxygen atoms in total. The van der Waals surface area contributed by atoms with Crippen LogP contribution in [0.5, 0.6) is 5.75 Å². The standard InChI is InChI=1S/C12H12F2O3/c13-11(14)6-17-10-4-2-1-3-7(10)8-5-9(8)12(15)16/h1-4,8-9,11H,5-6H2,(H,15,16)/t8-,9-/m0/s1. The van der Waals surface area contributed by atoms with Gasteiger partial charge in [-0.3, -0.25) is 4.79 Å². The number of hydrogen-bond donors (Lipinski definition) is 1. The number of alkyl halides is 2. The van der Waals surface area contributed by atoms with Crippen molar-refractivity contribution >= 4 is 5.97 Å². The van der Waals surface area contributed by atoms with Crippen LogP contribution in [0.3, 0.4) is 0 Å². The number of ether oxygens (including phenoxy) is 1. The summed E-state index contributed by atoms with van der Waals surface area (Å²) in [6, 6.07) is 6.76. The Kier molecular flexibility index (Phi) is 3.26. The highest BCUT2D eigenvalue weighted by Crippen LogP contribution is 2.50. The van der Waals surface area contributed by atoms with Crippen molar-refractivity contribution in [1.82, 2.24) is 0 Å². The highest BCUT2D eigenvalue weighted by atomic mass is 19.3. The van der Waals surface area contributed by atoms with E-state index in [9.17, 15) is 13.6 Å². The van der Waals surface area contributed by atoms with Crippen LogP contribution in [0.4, 0.5) is 8.78 Å². The zero-order valence-corrected chi connectivity index (χ0v) is 8.98. The van der Waals surface area contributed by atoms with Crippen LogP contribution in [-0.4, -0.2) is 24.1 Å². The van der Waals surface area contributed by atoms with E-state index in [1.807, 2.05) is 0 Å². The fourth-order valence-electron chi connectivity index (χ4n) is 1.88. The second kappa shape index (κ2) is 4.69. The van der Waals surface area contributed by atoms with Gasteiger partial charge in [0.05, 0.1) is 5.92 Å². The zero-order chi connectivity index (χ0) is 12.4. The van der Waals surface area contributed by atoms with Crippen molar-refractivity contribution in [2.75, 3.05) is 6.61 Å². The molecule has 0 aliphatic heterocycles. The SMILES string of the molecule is O=C(O)[C@H]1C[C@H]1c1ccccc1OCC(F)F. The van der Waals surface area contributed by atoms with Gasteiger partial charge in [0.15, 0.2) is 0 Å². The first-order valence-corrected chi connectivity index (χ1v) is 5.32. The van der Waals surface area contributed by atoms with E-state index >= 15 is 0 Å². The van der Waals surface area contributed by atoms with Gasteiger partial charge in [-0.1, -0.05) is 18.2 Å². The van der Waals surface area contributed by atoms with Crippen LogP contribution in [0.1, 0.15) is 17.9 Å². The van der Waals surface area contributed by atoms with E-state index in [-0.39, 0.29) is 5.92 Å². The molecule has 1 aromatic rings. The molecule has 0 radical (unpaired) electrons. The third-order valence-corrected chi connectivity index (χ3v) is 2.79. The average molecular weight is 242 g/mol. The predicted octanol–water partition coefficient (Wildman–Crippen LogP) is 2.52. The maximum Gasteiger partial charge on any atom is 0.307 e. The van der Waals surface area contributed by atoms with E-state index in [4.69, 9.17) is 9.84 Å². The maximum absolute atomic E-state index is 12.1. The zero-order valence-electron chi connectivity index (χ0n) is 8.98. The van der Waals surface area contributed by atoms with E-state index in [1.54, 1.807) is 24.3 Å². The molecule has 0 amide bonds. The lowest BCUT2D eigenvalue weighted by Gasteiger charge is -2.10. The maximum atomic E-state index is 12.1. The predicted molar refractivity (Wildman–Crippen MR) is 56.4 cm³/mol. The summed E-state index contributed by atoms with van der Waals surface area (Å²) in [4.78, 5) is 10.8. The second-order valence-electron chi connectivity index (χ2n) is 4.03. The van der Waals surface area contributed by atoms with Crippen LogP contribution in [0.2, 0.25) is 0 Å². The van der Waals surface area contributed by atoms with Gasteiger partial charge < -0.3 is 9.84 Å². The molecule has 1 aliphatic rings. The van der Waals surface area contributed by atoms with Crippen molar-refractivity contribution in [1.29, 1.82) is 0 Å². The van der Waals surface area contributed by atoms with Crippen LogP contribution < -0.4 is 4.74 Å². The lowest BCUT2D eigenvalue weighted by atomic mass is 10.1. The monoisotopic (exact) mass is 242 g/mol. The number of benzene rings is 1. The van der Waals surface area contributed by atoms with E-state index in [0.29, 0.717) is 17.7 Å². The first-order chi connectivity index (χ1) is 8.09. The molecule has 1 N–H and O–H groups in total. The van der Waals surface area contributed by atoms with Gasteiger partial charge in [-0.2, -0.15) is 0 Å². The van der Waals surface area contributed by atoms with Gasteiger partial charge in [0.2, 0.25) is 0 Å². The molecule has 0 spiro atoms. The van der Waals surface area contributed by atoms with Gasteiger partial charge in [0, 0.05) is 5.92 Å². The third-order valence-electron chi connectivity index (χ3n) is 2.79. The molecule has 1 aliphatic carbocycles.